The number of carbonyl (C=O) groups excluding carboxylic acids is 2. The van der Waals surface area contributed by atoms with Gasteiger partial charge in [-0.2, -0.15) is 13.2 Å². The summed E-state index contributed by atoms with van der Waals surface area (Å²) in [7, 11) is 0. The van der Waals surface area contributed by atoms with E-state index in [1.807, 2.05) is 31.2 Å². The number of likely N-dealkylation sites (tertiary alicyclic amines) is 1. The monoisotopic (exact) mass is 618 g/mol. The molecule has 4 aromatic rings. The molecule has 1 aliphatic rings. The molecule has 0 spiro atoms. The highest BCUT2D eigenvalue weighted by Gasteiger charge is 2.31. The van der Waals surface area contributed by atoms with Gasteiger partial charge in [0.25, 0.3) is 11.8 Å². The van der Waals surface area contributed by atoms with Gasteiger partial charge >= 0.3 is 6.18 Å². The molecule has 1 saturated heterocycles. The summed E-state index contributed by atoms with van der Waals surface area (Å²) < 4.78 is 45.1. The summed E-state index contributed by atoms with van der Waals surface area (Å²) >= 11 is 0. The van der Waals surface area contributed by atoms with Gasteiger partial charge in [0.15, 0.2) is 0 Å². The van der Waals surface area contributed by atoms with Gasteiger partial charge in [0.05, 0.1) is 23.6 Å². The number of ether oxygens (including phenoxy) is 1. The lowest BCUT2D eigenvalue weighted by atomic mass is 10.0. The molecule has 3 aromatic carbocycles. The van der Waals surface area contributed by atoms with Crippen LogP contribution in [0.2, 0.25) is 0 Å². The Kier molecular flexibility index (Phi) is 9.93. The highest BCUT2D eigenvalue weighted by Crippen LogP contribution is 2.30. The Morgan fingerprint density at radius 2 is 1.60 bits per heavy atom. The lowest BCUT2D eigenvalue weighted by Gasteiger charge is -2.15. The highest BCUT2D eigenvalue weighted by molar-refractivity contribution is 6.08. The highest BCUT2D eigenvalue weighted by atomic mass is 19.4. The standard InChI is InChI=1S/C33H33F3N6O3/c1-2-22-11-12-26(39-30(43)23-7-5-8-24(17-23)33(34,35)36)19-29(22)31(44)40-27-20-37-32(38-21-27)41-25-9-6-10-28(18-25)45-16-15-42-13-3-4-14-42/h5-12,17-21H,2-4,13-16H2,1H3,(H,39,43)(H,40,44)(H,37,38,41). The van der Waals surface area contributed by atoms with Crippen LogP contribution in [0.1, 0.15) is 51.6 Å². The number of aryl methyl sites for hydroxylation is 1. The zero-order valence-corrected chi connectivity index (χ0v) is 24.7. The molecule has 1 aromatic heterocycles. The second kappa shape index (κ2) is 14.2. The molecular formula is C33H33F3N6O3. The molecule has 2 amide bonds. The van der Waals surface area contributed by atoms with Crippen molar-refractivity contribution < 1.29 is 27.5 Å². The largest absolute Gasteiger partial charge is 0.492 e. The Labute approximate surface area is 258 Å². The number of benzene rings is 3. The first kappa shape index (κ1) is 31.5. The molecule has 2 heterocycles. The van der Waals surface area contributed by atoms with Crippen molar-refractivity contribution in [3.8, 4) is 5.75 Å². The third-order valence-corrected chi connectivity index (χ3v) is 7.32. The Morgan fingerprint density at radius 1 is 0.867 bits per heavy atom. The molecule has 1 aliphatic heterocycles. The van der Waals surface area contributed by atoms with Crippen LogP contribution in [0.5, 0.6) is 5.75 Å². The normalized spacial score (nSPS) is 13.3. The van der Waals surface area contributed by atoms with Crippen LogP contribution < -0.4 is 20.7 Å². The number of hydrogen-bond donors (Lipinski definition) is 3. The number of hydrogen-bond acceptors (Lipinski definition) is 7. The van der Waals surface area contributed by atoms with Crippen molar-refractivity contribution in [3.05, 3.63) is 101 Å². The van der Waals surface area contributed by atoms with Crippen molar-refractivity contribution in [2.75, 3.05) is 42.2 Å². The molecule has 3 N–H and O–H groups in total. The van der Waals surface area contributed by atoms with Crippen LogP contribution in [0.3, 0.4) is 0 Å². The summed E-state index contributed by atoms with van der Waals surface area (Å²) in [6.07, 6.45) is 1.37. The summed E-state index contributed by atoms with van der Waals surface area (Å²) in [6.45, 7) is 5.63. The first-order valence-corrected chi connectivity index (χ1v) is 14.6. The van der Waals surface area contributed by atoms with Crippen molar-refractivity contribution in [1.29, 1.82) is 0 Å². The fourth-order valence-corrected chi connectivity index (χ4v) is 4.96. The SMILES string of the molecule is CCc1ccc(NC(=O)c2cccc(C(F)(F)F)c2)cc1C(=O)Nc1cnc(Nc2cccc(OCCN3CCCC3)c2)nc1. The van der Waals surface area contributed by atoms with Crippen LogP contribution >= 0.6 is 0 Å². The number of halogens is 3. The Balaban J connectivity index is 1.20. The van der Waals surface area contributed by atoms with E-state index >= 15 is 0 Å². The van der Waals surface area contributed by atoms with E-state index in [9.17, 15) is 22.8 Å². The van der Waals surface area contributed by atoms with E-state index in [0.29, 0.717) is 35.8 Å². The lowest BCUT2D eigenvalue weighted by molar-refractivity contribution is -0.137. The van der Waals surface area contributed by atoms with Crippen LogP contribution in [0.15, 0.2) is 79.1 Å². The van der Waals surface area contributed by atoms with Gasteiger partial charge in [-0.15, -0.1) is 0 Å². The summed E-state index contributed by atoms with van der Waals surface area (Å²) in [6, 6.07) is 16.4. The van der Waals surface area contributed by atoms with Gasteiger partial charge in [-0.1, -0.05) is 25.1 Å². The van der Waals surface area contributed by atoms with Crippen molar-refractivity contribution >= 4 is 34.8 Å². The first-order chi connectivity index (χ1) is 21.7. The number of amides is 2. The van der Waals surface area contributed by atoms with E-state index in [2.05, 4.69) is 30.8 Å². The summed E-state index contributed by atoms with van der Waals surface area (Å²) in [4.78, 5) is 36.9. The maximum atomic E-state index is 13.2. The van der Waals surface area contributed by atoms with Crippen molar-refractivity contribution in [2.24, 2.45) is 0 Å². The number of rotatable bonds is 11. The third kappa shape index (κ3) is 8.57. The smallest absolute Gasteiger partial charge is 0.416 e. The van der Waals surface area contributed by atoms with E-state index in [1.54, 1.807) is 12.1 Å². The van der Waals surface area contributed by atoms with Crippen molar-refractivity contribution in [2.45, 2.75) is 32.4 Å². The van der Waals surface area contributed by atoms with Gasteiger partial charge in [0.2, 0.25) is 5.95 Å². The second-order valence-corrected chi connectivity index (χ2v) is 10.6. The van der Waals surface area contributed by atoms with Gasteiger partial charge < -0.3 is 20.7 Å². The van der Waals surface area contributed by atoms with E-state index in [1.165, 1.54) is 43.4 Å². The van der Waals surface area contributed by atoms with Crippen LogP contribution in [0.25, 0.3) is 0 Å². The average Bonchev–Trinajstić information content (AvgIpc) is 3.55. The van der Waals surface area contributed by atoms with Gasteiger partial charge in [0.1, 0.15) is 12.4 Å². The van der Waals surface area contributed by atoms with E-state index in [4.69, 9.17) is 4.74 Å². The molecule has 234 valence electrons. The van der Waals surface area contributed by atoms with Crippen LogP contribution in [-0.4, -0.2) is 52.9 Å². The molecular weight excluding hydrogens is 585 g/mol. The molecule has 9 nitrogen and oxygen atoms in total. The Hall–Kier alpha value is -4.97. The molecule has 0 bridgehead atoms. The zero-order chi connectivity index (χ0) is 31.8. The number of nitrogens with zero attached hydrogens (tertiary/aromatic N) is 3. The number of aromatic nitrogens is 2. The molecule has 0 atom stereocenters. The van der Waals surface area contributed by atoms with E-state index in [0.717, 1.165) is 43.2 Å². The van der Waals surface area contributed by atoms with E-state index in [-0.39, 0.29) is 11.3 Å². The molecule has 0 unspecified atom stereocenters. The summed E-state index contributed by atoms with van der Waals surface area (Å²) in [5, 5.41) is 8.47. The summed E-state index contributed by atoms with van der Waals surface area (Å²) in [5.74, 6) is -0.115. The number of nitrogens with one attached hydrogen (secondary N) is 3. The Morgan fingerprint density at radius 3 is 2.33 bits per heavy atom. The maximum absolute atomic E-state index is 13.2. The fourth-order valence-electron chi connectivity index (χ4n) is 4.96. The number of carbonyl (C=O) groups is 2. The molecule has 0 saturated carbocycles. The van der Waals surface area contributed by atoms with Crippen LogP contribution in [0, 0.1) is 0 Å². The number of anilines is 4. The molecule has 0 aliphatic carbocycles. The van der Waals surface area contributed by atoms with Crippen molar-refractivity contribution in [1.82, 2.24) is 14.9 Å². The van der Waals surface area contributed by atoms with Gasteiger partial charge in [-0.3, -0.25) is 14.5 Å². The van der Waals surface area contributed by atoms with Crippen LogP contribution in [0.4, 0.5) is 36.2 Å². The predicted octanol–water partition coefficient (Wildman–Crippen LogP) is 6.78. The van der Waals surface area contributed by atoms with E-state index < -0.39 is 23.6 Å². The van der Waals surface area contributed by atoms with Crippen molar-refractivity contribution in [3.63, 3.8) is 0 Å². The first-order valence-electron chi connectivity index (χ1n) is 14.6. The van der Waals surface area contributed by atoms with Gasteiger partial charge in [-0.05, 0) is 80.4 Å². The van der Waals surface area contributed by atoms with Gasteiger partial charge in [-0.25, -0.2) is 9.97 Å². The number of alkyl halides is 3. The Bertz CT molecular complexity index is 1640. The summed E-state index contributed by atoms with van der Waals surface area (Å²) in [5.41, 5.74) is 1.29. The minimum absolute atomic E-state index is 0.155. The molecule has 1 fully saturated rings. The van der Waals surface area contributed by atoms with Gasteiger partial charge in [0, 0.05) is 35.1 Å². The molecule has 12 heteroatoms. The van der Waals surface area contributed by atoms with Crippen LogP contribution in [-0.2, 0) is 12.6 Å². The topological polar surface area (TPSA) is 108 Å². The quantitative estimate of drug-likeness (QED) is 0.170. The fraction of sp³-hybridized carbons (Fsp3) is 0.273. The second-order valence-electron chi connectivity index (χ2n) is 10.6. The molecule has 5 rings (SSSR count). The third-order valence-electron chi connectivity index (χ3n) is 7.32. The maximum Gasteiger partial charge on any atom is 0.416 e. The lowest BCUT2D eigenvalue weighted by Crippen LogP contribution is -2.25. The minimum Gasteiger partial charge on any atom is -0.492 e. The minimum atomic E-state index is -4.57. The molecule has 0 radical (unpaired) electrons. The average molecular weight is 619 g/mol. The molecule has 45 heavy (non-hydrogen) atoms. The zero-order valence-electron chi connectivity index (χ0n) is 24.7. The predicted molar refractivity (Wildman–Crippen MR) is 166 cm³/mol.